The van der Waals surface area contributed by atoms with E-state index in [9.17, 15) is 20.0 Å². The van der Waals surface area contributed by atoms with Gasteiger partial charge in [-0.15, -0.1) is 0 Å². The number of carbonyl (C=O) groups excluding carboxylic acids is 1. The average Bonchev–Trinajstić information content (AvgIpc) is 2.35. The minimum Gasteiger partial charge on any atom is -0.484 e. The molecule has 0 fully saturated rings. The van der Waals surface area contributed by atoms with Crippen molar-refractivity contribution in [3.63, 3.8) is 0 Å². The molecule has 0 saturated heterocycles. The summed E-state index contributed by atoms with van der Waals surface area (Å²) in [7, 11) is 0. The molecule has 0 aliphatic rings. The predicted molar refractivity (Wildman–Crippen MR) is 72.5 cm³/mol. The highest BCUT2D eigenvalue weighted by Gasteiger charge is 2.11. The number of non-ortho nitro benzene ring substituents is 1. The molecule has 1 aromatic rings. The zero-order chi connectivity index (χ0) is 15.1. The van der Waals surface area contributed by atoms with Crippen LogP contribution in [0.1, 0.15) is 20.3 Å². The lowest BCUT2D eigenvalue weighted by molar-refractivity contribution is -0.384. The van der Waals surface area contributed by atoms with E-state index >= 15 is 0 Å². The highest BCUT2D eigenvalue weighted by Crippen LogP contribution is 2.18. The van der Waals surface area contributed by atoms with Crippen LogP contribution in [0.4, 0.5) is 5.69 Å². The van der Waals surface area contributed by atoms with E-state index in [1.807, 2.05) is 0 Å². The molecule has 0 bridgehead atoms. The van der Waals surface area contributed by atoms with E-state index in [0.29, 0.717) is 6.42 Å². The van der Waals surface area contributed by atoms with E-state index in [4.69, 9.17) is 4.74 Å². The van der Waals surface area contributed by atoms with Crippen molar-refractivity contribution >= 4 is 11.6 Å². The average molecular weight is 282 g/mol. The fraction of sp³-hybridized carbons (Fsp3) is 0.462. The minimum absolute atomic E-state index is 0.0922. The maximum atomic E-state index is 11.6. The van der Waals surface area contributed by atoms with Gasteiger partial charge in [-0.3, -0.25) is 14.9 Å². The lowest BCUT2D eigenvalue weighted by Gasteiger charge is -2.15. The zero-order valence-electron chi connectivity index (χ0n) is 11.4. The largest absolute Gasteiger partial charge is 0.484 e. The van der Waals surface area contributed by atoms with Crippen molar-refractivity contribution in [2.24, 2.45) is 0 Å². The molecule has 110 valence electrons. The molecule has 0 saturated carbocycles. The first-order valence-corrected chi connectivity index (χ1v) is 6.23. The summed E-state index contributed by atoms with van der Waals surface area (Å²) >= 11 is 0. The molecule has 7 heteroatoms. The first kappa shape index (κ1) is 15.9. The summed E-state index contributed by atoms with van der Waals surface area (Å²) in [6.45, 7) is 3.19. The number of rotatable bonds is 7. The van der Waals surface area contributed by atoms with Gasteiger partial charge in [0, 0.05) is 12.1 Å². The van der Waals surface area contributed by atoms with Gasteiger partial charge < -0.3 is 15.2 Å². The third-order valence-corrected chi connectivity index (χ3v) is 2.50. The Balaban J connectivity index is 2.45. The molecule has 7 nitrogen and oxygen atoms in total. The van der Waals surface area contributed by atoms with Gasteiger partial charge in [-0.2, -0.15) is 0 Å². The molecule has 20 heavy (non-hydrogen) atoms. The summed E-state index contributed by atoms with van der Waals surface area (Å²) in [6.07, 6.45) is -0.0503. The van der Waals surface area contributed by atoms with Crippen LogP contribution in [0, 0.1) is 10.1 Å². The lowest BCUT2D eigenvalue weighted by Crippen LogP contribution is -2.37. The Morgan fingerprint density at radius 3 is 2.80 bits per heavy atom. The van der Waals surface area contributed by atoms with Crippen molar-refractivity contribution in [1.82, 2.24) is 5.32 Å². The van der Waals surface area contributed by atoms with Crippen molar-refractivity contribution in [1.29, 1.82) is 0 Å². The molecule has 2 atom stereocenters. The van der Waals surface area contributed by atoms with Crippen LogP contribution in [0.3, 0.4) is 0 Å². The minimum atomic E-state index is -0.530. The van der Waals surface area contributed by atoms with Crippen LogP contribution in [0.25, 0.3) is 0 Å². The van der Waals surface area contributed by atoms with Crippen molar-refractivity contribution in [2.45, 2.75) is 32.4 Å². The quantitative estimate of drug-likeness (QED) is 0.579. The van der Waals surface area contributed by atoms with Gasteiger partial charge in [-0.05, 0) is 26.3 Å². The topological polar surface area (TPSA) is 102 Å². The zero-order valence-corrected chi connectivity index (χ0v) is 11.4. The number of hydrogen-bond acceptors (Lipinski definition) is 5. The summed E-state index contributed by atoms with van der Waals surface area (Å²) in [4.78, 5) is 21.6. The van der Waals surface area contributed by atoms with E-state index in [0.717, 1.165) is 0 Å². The van der Waals surface area contributed by atoms with Crippen LogP contribution in [-0.2, 0) is 4.79 Å². The van der Waals surface area contributed by atoms with Gasteiger partial charge in [0.05, 0.1) is 17.1 Å². The Morgan fingerprint density at radius 1 is 1.50 bits per heavy atom. The number of nitrogens with one attached hydrogen (secondary N) is 1. The Hall–Kier alpha value is -2.15. The summed E-state index contributed by atoms with van der Waals surface area (Å²) in [5.74, 6) is -0.0813. The molecule has 2 unspecified atom stereocenters. The maximum absolute atomic E-state index is 11.6. The van der Waals surface area contributed by atoms with Gasteiger partial charge in [0.15, 0.2) is 6.61 Å². The molecule has 0 aliphatic heterocycles. The Morgan fingerprint density at radius 2 is 2.20 bits per heavy atom. The third kappa shape index (κ3) is 5.66. The van der Waals surface area contributed by atoms with Gasteiger partial charge in [0.2, 0.25) is 0 Å². The second-order valence-corrected chi connectivity index (χ2v) is 4.60. The van der Waals surface area contributed by atoms with Gasteiger partial charge in [-0.1, -0.05) is 6.07 Å². The number of nitro groups is 1. The van der Waals surface area contributed by atoms with Crippen molar-refractivity contribution in [3.8, 4) is 5.75 Å². The smallest absolute Gasteiger partial charge is 0.273 e. The monoisotopic (exact) mass is 282 g/mol. The van der Waals surface area contributed by atoms with E-state index < -0.39 is 11.0 Å². The Bertz CT molecular complexity index is 476. The van der Waals surface area contributed by atoms with Crippen LogP contribution in [-0.4, -0.2) is 34.7 Å². The number of aliphatic hydroxyl groups excluding tert-OH is 1. The number of nitro benzene ring substituents is 1. The summed E-state index contributed by atoms with van der Waals surface area (Å²) in [6, 6.07) is 5.46. The predicted octanol–water partition coefficient (Wildman–Crippen LogP) is 1.25. The number of nitrogens with zero attached hydrogens (tertiary/aromatic N) is 1. The van der Waals surface area contributed by atoms with Crippen molar-refractivity contribution in [3.05, 3.63) is 34.4 Å². The second kappa shape index (κ2) is 7.44. The maximum Gasteiger partial charge on any atom is 0.273 e. The van der Waals surface area contributed by atoms with Gasteiger partial charge in [0.25, 0.3) is 11.6 Å². The number of ether oxygens (including phenoxy) is 1. The van der Waals surface area contributed by atoms with Crippen molar-refractivity contribution < 1.29 is 19.6 Å². The van der Waals surface area contributed by atoms with Crippen LogP contribution in [0.5, 0.6) is 5.75 Å². The molecule has 1 amide bonds. The highest BCUT2D eigenvalue weighted by atomic mass is 16.6. The number of benzene rings is 1. The molecular weight excluding hydrogens is 264 g/mol. The van der Waals surface area contributed by atoms with Gasteiger partial charge in [0.1, 0.15) is 5.75 Å². The standard InChI is InChI=1S/C13H18N2O5/c1-9(6-10(2)16)14-13(17)8-20-12-5-3-4-11(7-12)15(18)19/h3-5,7,9-10,16H,6,8H2,1-2H3,(H,14,17). The molecule has 2 N–H and O–H groups in total. The lowest BCUT2D eigenvalue weighted by atomic mass is 10.1. The van der Waals surface area contributed by atoms with Crippen LogP contribution in [0.15, 0.2) is 24.3 Å². The Labute approximate surface area is 116 Å². The first-order chi connectivity index (χ1) is 9.38. The van der Waals surface area contributed by atoms with Gasteiger partial charge >= 0.3 is 0 Å². The van der Waals surface area contributed by atoms with Crippen LogP contribution in [0.2, 0.25) is 0 Å². The van der Waals surface area contributed by atoms with Crippen molar-refractivity contribution in [2.75, 3.05) is 6.61 Å². The van der Waals surface area contributed by atoms with E-state index in [-0.39, 0.29) is 30.0 Å². The first-order valence-electron chi connectivity index (χ1n) is 6.23. The highest BCUT2D eigenvalue weighted by molar-refractivity contribution is 5.77. The molecule has 1 rings (SSSR count). The fourth-order valence-electron chi connectivity index (χ4n) is 1.72. The third-order valence-electron chi connectivity index (χ3n) is 2.50. The molecule has 0 aliphatic carbocycles. The van der Waals surface area contributed by atoms with E-state index in [2.05, 4.69) is 5.32 Å². The number of aliphatic hydroxyl groups is 1. The normalized spacial score (nSPS) is 13.3. The Kier molecular flexibility index (Phi) is 5.92. The molecule has 0 spiro atoms. The summed E-state index contributed by atoms with van der Waals surface area (Å²) in [5.41, 5.74) is -0.0922. The summed E-state index contributed by atoms with van der Waals surface area (Å²) in [5, 5.41) is 22.4. The van der Waals surface area contributed by atoms with Crippen LogP contribution < -0.4 is 10.1 Å². The number of carbonyl (C=O) groups is 1. The molecular formula is C13H18N2O5. The van der Waals surface area contributed by atoms with Gasteiger partial charge in [-0.25, -0.2) is 0 Å². The molecule has 1 aromatic carbocycles. The number of hydrogen-bond donors (Lipinski definition) is 2. The fourth-order valence-corrected chi connectivity index (χ4v) is 1.72. The second-order valence-electron chi connectivity index (χ2n) is 4.60. The number of amides is 1. The molecule has 0 radical (unpaired) electrons. The van der Waals surface area contributed by atoms with Crippen LogP contribution >= 0.6 is 0 Å². The molecule has 0 aromatic heterocycles. The summed E-state index contributed by atoms with van der Waals surface area (Å²) < 4.78 is 5.19. The van der Waals surface area contributed by atoms with E-state index in [1.54, 1.807) is 19.9 Å². The van der Waals surface area contributed by atoms with E-state index in [1.165, 1.54) is 18.2 Å². The SMILES string of the molecule is CC(O)CC(C)NC(=O)COc1cccc([N+](=O)[O-])c1. The molecule has 0 heterocycles.